The first kappa shape index (κ1) is 20.5. The number of para-hydroxylation sites is 1. The first-order chi connectivity index (χ1) is 12.2. The summed E-state index contributed by atoms with van der Waals surface area (Å²) in [5.41, 5.74) is 5.96. The fourth-order valence-electron chi connectivity index (χ4n) is 2.98. The number of benzene rings is 1. The molecular weight excluding hydrogens is 348 g/mol. The number of amides is 1. The van der Waals surface area contributed by atoms with Crippen LogP contribution in [0.5, 0.6) is 0 Å². The van der Waals surface area contributed by atoms with Gasteiger partial charge in [-0.25, -0.2) is 4.98 Å². The molecule has 2 N–H and O–H groups in total. The van der Waals surface area contributed by atoms with Crippen molar-refractivity contribution in [1.29, 1.82) is 0 Å². The number of rotatable bonds is 8. The SMILES string of the molecule is CC(Sc1nc2ccccc2c(=O)n1CCN(C(C)C)C(C)C)C(N)=O. The fourth-order valence-corrected chi connectivity index (χ4v) is 3.86. The first-order valence-electron chi connectivity index (χ1n) is 8.93. The molecule has 1 atom stereocenters. The predicted octanol–water partition coefficient (Wildman–Crippen LogP) is 2.48. The fraction of sp³-hybridized carbons (Fsp3) is 0.526. The maximum atomic E-state index is 13.0. The average molecular weight is 377 g/mol. The van der Waals surface area contributed by atoms with Crippen LogP contribution in [0.15, 0.2) is 34.2 Å². The number of carbonyl (C=O) groups is 1. The lowest BCUT2D eigenvalue weighted by molar-refractivity contribution is -0.117. The van der Waals surface area contributed by atoms with Crippen molar-refractivity contribution >= 4 is 28.6 Å². The van der Waals surface area contributed by atoms with Crippen LogP contribution >= 0.6 is 11.8 Å². The van der Waals surface area contributed by atoms with Gasteiger partial charge in [0.25, 0.3) is 5.56 Å². The second-order valence-electron chi connectivity index (χ2n) is 6.96. The van der Waals surface area contributed by atoms with E-state index >= 15 is 0 Å². The van der Waals surface area contributed by atoms with Gasteiger partial charge < -0.3 is 5.73 Å². The minimum Gasteiger partial charge on any atom is -0.369 e. The van der Waals surface area contributed by atoms with E-state index in [0.717, 1.165) is 6.54 Å². The van der Waals surface area contributed by atoms with Gasteiger partial charge in [0.1, 0.15) is 0 Å². The van der Waals surface area contributed by atoms with Gasteiger partial charge in [0.15, 0.2) is 5.16 Å². The average Bonchev–Trinajstić information content (AvgIpc) is 2.56. The van der Waals surface area contributed by atoms with Crippen molar-refractivity contribution in [2.75, 3.05) is 6.54 Å². The Labute approximate surface area is 158 Å². The van der Waals surface area contributed by atoms with Crippen molar-refractivity contribution < 1.29 is 4.79 Å². The van der Waals surface area contributed by atoms with Gasteiger partial charge in [0.05, 0.1) is 16.2 Å². The summed E-state index contributed by atoms with van der Waals surface area (Å²) in [4.78, 5) is 31.5. The van der Waals surface area contributed by atoms with Gasteiger partial charge in [-0.15, -0.1) is 0 Å². The van der Waals surface area contributed by atoms with Gasteiger partial charge in [-0.2, -0.15) is 0 Å². The Hall–Kier alpha value is -1.86. The number of thioether (sulfide) groups is 1. The van der Waals surface area contributed by atoms with E-state index in [1.165, 1.54) is 11.8 Å². The molecular formula is C19H28N4O2S. The minimum absolute atomic E-state index is 0.0813. The highest BCUT2D eigenvalue weighted by Gasteiger charge is 2.19. The molecule has 142 valence electrons. The molecule has 0 saturated heterocycles. The topological polar surface area (TPSA) is 81.2 Å². The molecule has 1 aromatic carbocycles. The van der Waals surface area contributed by atoms with Crippen LogP contribution in [0.2, 0.25) is 0 Å². The third kappa shape index (κ3) is 4.65. The van der Waals surface area contributed by atoms with Crippen LogP contribution in [0.25, 0.3) is 10.9 Å². The Morgan fingerprint density at radius 1 is 1.19 bits per heavy atom. The molecule has 0 bridgehead atoms. The van der Waals surface area contributed by atoms with Gasteiger partial charge in [0.2, 0.25) is 5.91 Å². The molecule has 0 aliphatic heterocycles. The summed E-state index contributed by atoms with van der Waals surface area (Å²) in [6.45, 7) is 11.6. The highest BCUT2D eigenvalue weighted by atomic mass is 32.2. The van der Waals surface area contributed by atoms with E-state index in [0.29, 0.717) is 34.7 Å². The maximum absolute atomic E-state index is 13.0. The van der Waals surface area contributed by atoms with Gasteiger partial charge >= 0.3 is 0 Å². The van der Waals surface area contributed by atoms with E-state index in [1.54, 1.807) is 17.6 Å². The van der Waals surface area contributed by atoms with Gasteiger partial charge in [0, 0.05) is 25.2 Å². The minimum atomic E-state index is -0.458. The number of aromatic nitrogens is 2. The molecule has 0 fully saturated rings. The highest BCUT2D eigenvalue weighted by Crippen LogP contribution is 2.22. The number of carbonyl (C=O) groups excluding carboxylic acids is 1. The third-order valence-corrected chi connectivity index (χ3v) is 5.53. The second kappa shape index (κ2) is 8.68. The van der Waals surface area contributed by atoms with Gasteiger partial charge in [-0.05, 0) is 46.8 Å². The van der Waals surface area contributed by atoms with Crippen molar-refractivity contribution in [3.8, 4) is 0 Å². The van der Waals surface area contributed by atoms with Gasteiger partial charge in [-0.1, -0.05) is 23.9 Å². The summed E-state index contributed by atoms with van der Waals surface area (Å²) < 4.78 is 1.67. The number of fused-ring (bicyclic) bond motifs is 1. The molecule has 1 aromatic heterocycles. The van der Waals surface area contributed by atoms with E-state index in [1.807, 2.05) is 18.2 Å². The van der Waals surface area contributed by atoms with Crippen LogP contribution in [-0.2, 0) is 11.3 Å². The highest BCUT2D eigenvalue weighted by molar-refractivity contribution is 8.00. The smallest absolute Gasteiger partial charge is 0.262 e. The van der Waals surface area contributed by atoms with Crippen molar-refractivity contribution in [1.82, 2.24) is 14.5 Å². The van der Waals surface area contributed by atoms with Gasteiger partial charge in [-0.3, -0.25) is 19.1 Å². The largest absolute Gasteiger partial charge is 0.369 e. The van der Waals surface area contributed by atoms with Crippen LogP contribution in [-0.4, -0.2) is 44.2 Å². The van der Waals surface area contributed by atoms with E-state index in [-0.39, 0.29) is 5.56 Å². The standard InChI is InChI=1S/C19H28N4O2S/c1-12(2)22(13(3)4)10-11-23-18(25)15-8-6-7-9-16(15)21-19(23)26-14(5)17(20)24/h6-9,12-14H,10-11H2,1-5H3,(H2,20,24). The summed E-state index contributed by atoms with van der Waals surface area (Å²) in [5, 5.41) is 0.664. The lowest BCUT2D eigenvalue weighted by Gasteiger charge is -2.31. The van der Waals surface area contributed by atoms with Crippen molar-refractivity contribution in [2.45, 2.75) is 63.7 Å². The molecule has 0 aliphatic carbocycles. The monoisotopic (exact) mass is 376 g/mol. The first-order valence-corrected chi connectivity index (χ1v) is 9.81. The lowest BCUT2D eigenvalue weighted by Crippen LogP contribution is -2.40. The molecule has 0 radical (unpaired) electrons. The lowest BCUT2D eigenvalue weighted by atomic mass is 10.2. The molecule has 1 heterocycles. The Morgan fingerprint density at radius 2 is 1.81 bits per heavy atom. The van der Waals surface area contributed by atoms with E-state index in [4.69, 9.17) is 5.73 Å². The number of nitrogens with two attached hydrogens (primary N) is 1. The van der Waals surface area contributed by atoms with Crippen molar-refractivity contribution in [3.05, 3.63) is 34.6 Å². The molecule has 0 aliphatic rings. The third-order valence-electron chi connectivity index (χ3n) is 4.42. The number of nitrogens with zero attached hydrogens (tertiary/aromatic N) is 3. The van der Waals surface area contributed by atoms with E-state index in [9.17, 15) is 9.59 Å². The normalized spacial score (nSPS) is 13.1. The zero-order valence-electron chi connectivity index (χ0n) is 16.1. The van der Waals surface area contributed by atoms with Crippen LogP contribution < -0.4 is 11.3 Å². The maximum Gasteiger partial charge on any atom is 0.262 e. The molecule has 0 spiro atoms. The number of hydrogen-bond donors (Lipinski definition) is 1. The summed E-state index contributed by atoms with van der Waals surface area (Å²) in [6, 6.07) is 8.04. The summed E-state index contributed by atoms with van der Waals surface area (Å²) in [6.07, 6.45) is 0. The molecule has 2 rings (SSSR count). The molecule has 1 amide bonds. The van der Waals surface area contributed by atoms with E-state index in [2.05, 4.69) is 37.6 Å². The van der Waals surface area contributed by atoms with E-state index < -0.39 is 11.2 Å². The Kier molecular flexibility index (Phi) is 6.83. The molecule has 0 saturated carbocycles. The Morgan fingerprint density at radius 3 is 2.38 bits per heavy atom. The Balaban J connectivity index is 2.45. The van der Waals surface area contributed by atoms with Crippen molar-refractivity contribution in [3.63, 3.8) is 0 Å². The molecule has 1 unspecified atom stereocenters. The quantitative estimate of drug-likeness (QED) is 0.565. The molecule has 26 heavy (non-hydrogen) atoms. The molecule has 7 heteroatoms. The predicted molar refractivity (Wildman–Crippen MR) is 107 cm³/mol. The summed E-state index contributed by atoms with van der Waals surface area (Å²) >= 11 is 1.23. The second-order valence-corrected chi connectivity index (χ2v) is 8.26. The molecule has 2 aromatic rings. The summed E-state index contributed by atoms with van der Waals surface area (Å²) in [7, 11) is 0. The van der Waals surface area contributed by atoms with Crippen LogP contribution in [0.1, 0.15) is 34.6 Å². The van der Waals surface area contributed by atoms with Crippen LogP contribution in [0.3, 0.4) is 0 Å². The number of hydrogen-bond acceptors (Lipinski definition) is 5. The zero-order valence-corrected chi connectivity index (χ0v) is 16.9. The Bertz CT molecular complexity index is 824. The number of primary amides is 1. The summed E-state index contributed by atoms with van der Waals surface area (Å²) in [5.74, 6) is -0.421. The van der Waals surface area contributed by atoms with Crippen molar-refractivity contribution in [2.24, 2.45) is 5.73 Å². The van der Waals surface area contributed by atoms with Crippen LogP contribution in [0.4, 0.5) is 0 Å². The molecule has 6 nitrogen and oxygen atoms in total. The van der Waals surface area contributed by atoms with Crippen LogP contribution in [0, 0.1) is 0 Å². The zero-order chi connectivity index (χ0) is 19.4.